The third-order valence-electron chi connectivity index (χ3n) is 2.50. The van der Waals surface area contributed by atoms with Gasteiger partial charge in [0.15, 0.2) is 0 Å². The zero-order valence-corrected chi connectivity index (χ0v) is 11.6. The Morgan fingerprint density at radius 2 is 1.75 bits per heavy atom. The molecule has 0 amide bonds. The second-order valence-corrected chi connectivity index (χ2v) is 5.09. The van der Waals surface area contributed by atoms with E-state index in [0.29, 0.717) is 18.8 Å². The number of carbonyl (C=O) groups is 1. The molecule has 0 saturated carbocycles. The van der Waals surface area contributed by atoms with Crippen molar-refractivity contribution >= 4 is 18.6 Å². The monoisotopic (exact) mass is 246 g/mol. The van der Waals surface area contributed by atoms with Gasteiger partial charge in [0.1, 0.15) is 0 Å². The maximum absolute atomic E-state index is 11.0. The van der Waals surface area contributed by atoms with Crippen LogP contribution in [0.5, 0.6) is 0 Å². The van der Waals surface area contributed by atoms with Crippen molar-refractivity contribution in [1.29, 1.82) is 0 Å². The highest BCUT2D eigenvalue weighted by molar-refractivity contribution is 7.80. The Hall–Kier alpha value is -0.180. The molecule has 0 aromatic rings. The lowest BCUT2D eigenvalue weighted by Crippen LogP contribution is -2.06. The van der Waals surface area contributed by atoms with Crippen molar-refractivity contribution in [3.63, 3.8) is 0 Å². The molecule has 16 heavy (non-hydrogen) atoms. The highest BCUT2D eigenvalue weighted by atomic mass is 32.1. The zero-order chi connectivity index (χ0) is 12.2. The summed E-state index contributed by atoms with van der Waals surface area (Å²) in [6.45, 7) is 5.11. The molecule has 0 radical (unpaired) electrons. The first kappa shape index (κ1) is 15.8. The topological polar surface area (TPSA) is 26.3 Å². The number of esters is 1. The van der Waals surface area contributed by atoms with Crippen LogP contribution in [-0.2, 0) is 9.53 Å². The number of unbranched alkanes of at least 4 members (excludes halogenated alkanes) is 4. The van der Waals surface area contributed by atoms with E-state index in [2.05, 4.69) is 26.5 Å². The summed E-state index contributed by atoms with van der Waals surface area (Å²) >= 11 is 3.98. The average molecular weight is 246 g/mol. The minimum absolute atomic E-state index is 0.116. The number of rotatable bonds is 10. The molecule has 96 valence electrons. The summed E-state index contributed by atoms with van der Waals surface area (Å²) in [4.78, 5) is 11.0. The van der Waals surface area contributed by atoms with Gasteiger partial charge in [-0.25, -0.2) is 0 Å². The van der Waals surface area contributed by atoms with Gasteiger partial charge in [0.05, 0.1) is 13.0 Å². The molecule has 0 rings (SSSR count). The van der Waals surface area contributed by atoms with Gasteiger partial charge >= 0.3 is 5.97 Å². The minimum Gasteiger partial charge on any atom is -0.466 e. The maximum Gasteiger partial charge on any atom is 0.306 e. The molecule has 0 fully saturated rings. The van der Waals surface area contributed by atoms with Crippen LogP contribution < -0.4 is 0 Å². The molecule has 0 aliphatic rings. The van der Waals surface area contributed by atoms with Crippen LogP contribution >= 0.6 is 12.6 Å². The Kier molecular flexibility index (Phi) is 11.2. The van der Waals surface area contributed by atoms with Crippen molar-refractivity contribution in [2.45, 2.75) is 58.8 Å². The molecule has 0 N–H and O–H groups in total. The Bertz CT molecular complexity index is 169. The van der Waals surface area contributed by atoms with Gasteiger partial charge < -0.3 is 4.74 Å². The van der Waals surface area contributed by atoms with Gasteiger partial charge in [0, 0.05) is 5.75 Å². The lowest BCUT2D eigenvalue weighted by atomic mass is 10.0. The predicted octanol–water partition coefficient (Wildman–Crippen LogP) is 3.85. The Morgan fingerprint density at radius 3 is 2.38 bits per heavy atom. The molecule has 3 heteroatoms. The molecule has 0 atom stereocenters. The summed E-state index contributed by atoms with van der Waals surface area (Å²) in [6, 6.07) is 0. The minimum atomic E-state index is -0.116. The quantitative estimate of drug-likeness (QED) is 0.360. The third kappa shape index (κ3) is 11.9. The van der Waals surface area contributed by atoms with Crippen molar-refractivity contribution in [2.75, 3.05) is 12.4 Å². The van der Waals surface area contributed by atoms with Crippen LogP contribution in [0, 0.1) is 5.92 Å². The zero-order valence-electron chi connectivity index (χ0n) is 10.7. The maximum atomic E-state index is 11.0. The molecular formula is C13H26O2S. The summed E-state index contributed by atoms with van der Waals surface area (Å²) < 4.78 is 5.04. The molecule has 2 nitrogen and oxygen atoms in total. The van der Waals surface area contributed by atoms with Crippen molar-refractivity contribution < 1.29 is 9.53 Å². The van der Waals surface area contributed by atoms with Crippen molar-refractivity contribution in [3.8, 4) is 0 Å². The van der Waals surface area contributed by atoms with Gasteiger partial charge in [-0.05, 0) is 12.3 Å². The van der Waals surface area contributed by atoms with E-state index in [-0.39, 0.29) is 5.97 Å². The molecule has 0 unspecified atom stereocenters. The van der Waals surface area contributed by atoms with Crippen LogP contribution in [0.25, 0.3) is 0 Å². The van der Waals surface area contributed by atoms with E-state index in [1.165, 1.54) is 32.1 Å². The van der Waals surface area contributed by atoms with E-state index in [0.717, 1.165) is 12.3 Å². The summed E-state index contributed by atoms with van der Waals surface area (Å²) in [7, 11) is 0. The van der Waals surface area contributed by atoms with E-state index >= 15 is 0 Å². The summed E-state index contributed by atoms with van der Waals surface area (Å²) in [6.07, 6.45) is 7.83. The summed E-state index contributed by atoms with van der Waals surface area (Å²) in [5.41, 5.74) is 0. The van der Waals surface area contributed by atoms with Gasteiger partial charge in [-0.15, -0.1) is 0 Å². The van der Waals surface area contributed by atoms with E-state index in [1.807, 2.05) is 0 Å². The van der Waals surface area contributed by atoms with Crippen molar-refractivity contribution in [1.82, 2.24) is 0 Å². The molecule has 0 bridgehead atoms. The number of hydrogen-bond acceptors (Lipinski definition) is 3. The number of ether oxygens (including phenoxy) is 1. The van der Waals surface area contributed by atoms with Gasteiger partial charge in [-0.1, -0.05) is 46.0 Å². The molecule has 0 spiro atoms. The van der Waals surface area contributed by atoms with E-state index < -0.39 is 0 Å². The lowest BCUT2D eigenvalue weighted by molar-refractivity contribution is -0.143. The molecular weight excluding hydrogens is 220 g/mol. The second-order valence-electron chi connectivity index (χ2n) is 4.64. The third-order valence-corrected chi connectivity index (χ3v) is 2.73. The first-order valence-corrected chi connectivity index (χ1v) is 7.06. The number of thiol groups is 1. The molecule has 0 aromatic heterocycles. The molecule has 0 saturated heterocycles. The number of hydrogen-bond donors (Lipinski definition) is 1. The normalized spacial score (nSPS) is 10.8. The highest BCUT2D eigenvalue weighted by Crippen LogP contribution is 2.10. The lowest BCUT2D eigenvalue weighted by Gasteiger charge is -2.05. The van der Waals surface area contributed by atoms with Crippen LogP contribution in [0.15, 0.2) is 0 Å². The standard InChI is InChI=1S/C13H26O2S/c1-12(2)8-6-4-3-5-7-10-15-13(14)9-11-16/h12,16H,3-11H2,1-2H3. The molecule has 0 aromatic carbocycles. The van der Waals surface area contributed by atoms with Gasteiger partial charge in [-0.3, -0.25) is 4.79 Å². The van der Waals surface area contributed by atoms with Crippen LogP contribution in [0.4, 0.5) is 0 Å². The summed E-state index contributed by atoms with van der Waals surface area (Å²) in [5, 5.41) is 0. The van der Waals surface area contributed by atoms with Crippen LogP contribution in [-0.4, -0.2) is 18.3 Å². The second kappa shape index (κ2) is 11.3. The Balaban J connectivity index is 3.07. The Labute approximate surface area is 106 Å². The fraction of sp³-hybridized carbons (Fsp3) is 0.923. The summed E-state index contributed by atoms with van der Waals surface area (Å²) in [5.74, 6) is 1.28. The SMILES string of the molecule is CC(C)CCCCCCCOC(=O)CCS. The van der Waals surface area contributed by atoms with Crippen molar-refractivity contribution in [2.24, 2.45) is 5.92 Å². The molecule has 0 aliphatic heterocycles. The fourth-order valence-corrected chi connectivity index (χ4v) is 1.72. The smallest absolute Gasteiger partial charge is 0.306 e. The first-order valence-electron chi connectivity index (χ1n) is 6.43. The molecule has 0 aliphatic carbocycles. The van der Waals surface area contributed by atoms with E-state index in [4.69, 9.17) is 4.74 Å². The van der Waals surface area contributed by atoms with Crippen LogP contribution in [0.3, 0.4) is 0 Å². The van der Waals surface area contributed by atoms with Gasteiger partial charge in [0.2, 0.25) is 0 Å². The van der Waals surface area contributed by atoms with Crippen LogP contribution in [0.1, 0.15) is 58.8 Å². The Morgan fingerprint density at radius 1 is 1.12 bits per heavy atom. The van der Waals surface area contributed by atoms with E-state index in [1.54, 1.807) is 0 Å². The highest BCUT2D eigenvalue weighted by Gasteiger charge is 2.00. The fourth-order valence-electron chi connectivity index (χ4n) is 1.53. The van der Waals surface area contributed by atoms with Gasteiger partial charge in [0.25, 0.3) is 0 Å². The van der Waals surface area contributed by atoms with Gasteiger partial charge in [-0.2, -0.15) is 12.6 Å². The molecule has 0 heterocycles. The van der Waals surface area contributed by atoms with E-state index in [9.17, 15) is 4.79 Å². The first-order chi connectivity index (χ1) is 7.66. The van der Waals surface area contributed by atoms with Crippen LogP contribution in [0.2, 0.25) is 0 Å². The predicted molar refractivity (Wildman–Crippen MR) is 72.0 cm³/mol. The number of carbonyl (C=O) groups excluding carboxylic acids is 1. The average Bonchev–Trinajstić information content (AvgIpc) is 2.22. The largest absolute Gasteiger partial charge is 0.466 e. The van der Waals surface area contributed by atoms with Crippen molar-refractivity contribution in [3.05, 3.63) is 0 Å².